The highest BCUT2D eigenvalue weighted by Crippen LogP contribution is 2.23. The van der Waals surface area contributed by atoms with E-state index in [1.807, 2.05) is 44.2 Å². The molecular weight excluding hydrogens is 306 g/mol. The van der Waals surface area contributed by atoms with E-state index in [0.29, 0.717) is 22.9 Å². The summed E-state index contributed by atoms with van der Waals surface area (Å²) < 4.78 is 1.60. The van der Waals surface area contributed by atoms with Gasteiger partial charge in [0.1, 0.15) is 0 Å². The van der Waals surface area contributed by atoms with E-state index in [2.05, 4.69) is 30.9 Å². The van der Waals surface area contributed by atoms with Gasteiger partial charge in [-0.2, -0.15) is 9.97 Å². The highest BCUT2D eigenvalue weighted by atomic mass is 16.3. The summed E-state index contributed by atoms with van der Waals surface area (Å²) in [4.78, 5) is 8.99. The van der Waals surface area contributed by atoms with Crippen LogP contribution < -0.4 is 10.6 Å². The van der Waals surface area contributed by atoms with Crippen LogP contribution in [0.2, 0.25) is 0 Å². The lowest BCUT2D eigenvalue weighted by Crippen LogP contribution is -2.30. The minimum Gasteiger partial charge on any atom is -0.394 e. The Morgan fingerprint density at radius 2 is 1.92 bits per heavy atom. The standard InChI is InChI=1S/C16H21N7O/c1-10(2)12(9-24)18-16-19-14(17-11-7-5-4-6-8-11)13-15(20-16)23(3)22-21-13/h4-8,10,12,24H,9H2,1-3H3,(H2,17,18,19,20). The van der Waals surface area contributed by atoms with Crippen LogP contribution >= 0.6 is 0 Å². The first-order valence-electron chi connectivity index (χ1n) is 7.85. The van der Waals surface area contributed by atoms with Crippen molar-refractivity contribution in [2.24, 2.45) is 13.0 Å². The summed E-state index contributed by atoms with van der Waals surface area (Å²) in [6, 6.07) is 9.59. The Bertz CT molecular complexity index is 816. The molecule has 2 heterocycles. The van der Waals surface area contributed by atoms with Crippen LogP contribution in [-0.2, 0) is 7.05 Å². The Hall–Kier alpha value is -2.74. The molecule has 24 heavy (non-hydrogen) atoms. The number of nitrogens with zero attached hydrogens (tertiary/aromatic N) is 5. The quantitative estimate of drug-likeness (QED) is 0.636. The van der Waals surface area contributed by atoms with Gasteiger partial charge in [0.05, 0.1) is 12.6 Å². The molecule has 1 atom stereocenters. The van der Waals surface area contributed by atoms with Gasteiger partial charge in [-0.05, 0) is 18.1 Å². The summed E-state index contributed by atoms with van der Waals surface area (Å²) in [5, 5.41) is 24.1. The van der Waals surface area contributed by atoms with Crippen molar-refractivity contribution in [1.29, 1.82) is 0 Å². The number of aliphatic hydroxyl groups excluding tert-OH is 1. The third-order valence-electron chi connectivity index (χ3n) is 3.80. The maximum Gasteiger partial charge on any atom is 0.227 e. The zero-order valence-electron chi connectivity index (χ0n) is 13.9. The van der Waals surface area contributed by atoms with E-state index in [-0.39, 0.29) is 18.6 Å². The first kappa shape index (κ1) is 16.1. The van der Waals surface area contributed by atoms with E-state index in [1.54, 1.807) is 11.7 Å². The molecule has 1 unspecified atom stereocenters. The van der Waals surface area contributed by atoms with E-state index in [9.17, 15) is 5.11 Å². The average molecular weight is 327 g/mol. The van der Waals surface area contributed by atoms with Crippen LogP contribution in [-0.4, -0.2) is 42.7 Å². The Morgan fingerprint density at radius 3 is 2.58 bits per heavy atom. The van der Waals surface area contributed by atoms with E-state index in [4.69, 9.17) is 0 Å². The number of hydrogen-bond donors (Lipinski definition) is 3. The highest BCUT2D eigenvalue weighted by Gasteiger charge is 2.17. The maximum atomic E-state index is 9.53. The number of fused-ring (bicyclic) bond motifs is 1. The molecule has 126 valence electrons. The normalized spacial score (nSPS) is 12.5. The second kappa shape index (κ2) is 6.79. The first-order valence-corrected chi connectivity index (χ1v) is 7.85. The lowest BCUT2D eigenvalue weighted by molar-refractivity contribution is 0.248. The van der Waals surface area contributed by atoms with Crippen LogP contribution in [0.5, 0.6) is 0 Å². The molecule has 0 aliphatic rings. The molecule has 0 aliphatic carbocycles. The van der Waals surface area contributed by atoms with Gasteiger partial charge in [0, 0.05) is 12.7 Å². The van der Waals surface area contributed by atoms with Gasteiger partial charge in [-0.3, -0.25) is 0 Å². The van der Waals surface area contributed by atoms with Crippen molar-refractivity contribution in [3.05, 3.63) is 30.3 Å². The predicted octanol–water partition coefficient (Wildman–Crippen LogP) is 1.93. The van der Waals surface area contributed by atoms with Gasteiger partial charge in [-0.25, -0.2) is 4.68 Å². The lowest BCUT2D eigenvalue weighted by Gasteiger charge is -2.20. The van der Waals surface area contributed by atoms with Crippen LogP contribution in [0, 0.1) is 5.92 Å². The fraction of sp³-hybridized carbons (Fsp3) is 0.375. The summed E-state index contributed by atoms with van der Waals surface area (Å²) in [6.07, 6.45) is 0. The van der Waals surface area contributed by atoms with Gasteiger partial charge in [0.2, 0.25) is 5.95 Å². The molecule has 0 amide bonds. The highest BCUT2D eigenvalue weighted by molar-refractivity contribution is 5.85. The number of aliphatic hydroxyl groups is 1. The Labute approximate surface area is 139 Å². The van der Waals surface area contributed by atoms with Gasteiger partial charge in [-0.1, -0.05) is 37.3 Å². The lowest BCUT2D eigenvalue weighted by atomic mass is 10.1. The van der Waals surface area contributed by atoms with Gasteiger partial charge in [0.25, 0.3) is 0 Å². The number of benzene rings is 1. The SMILES string of the molecule is CC(C)C(CO)Nc1nc(Nc2ccccc2)c2nnn(C)c2n1. The summed E-state index contributed by atoms with van der Waals surface area (Å²) >= 11 is 0. The summed E-state index contributed by atoms with van der Waals surface area (Å²) in [5.41, 5.74) is 2.11. The second-order valence-corrected chi connectivity index (χ2v) is 5.95. The fourth-order valence-corrected chi connectivity index (χ4v) is 2.31. The predicted molar refractivity (Wildman–Crippen MR) is 93.2 cm³/mol. The molecule has 0 aliphatic heterocycles. The van der Waals surface area contributed by atoms with E-state index >= 15 is 0 Å². The zero-order valence-corrected chi connectivity index (χ0v) is 13.9. The van der Waals surface area contributed by atoms with Crippen molar-refractivity contribution in [2.45, 2.75) is 19.9 Å². The third-order valence-corrected chi connectivity index (χ3v) is 3.80. The molecule has 8 nitrogen and oxygen atoms in total. The topological polar surface area (TPSA) is 101 Å². The largest absolute Gasteiger partial charge is 0.394 e. The molecule has 1 aromatic carbocycles. The molecule has 8 heteroatoms. The van der Waals surface area contributed by atoms with Crippen LogP contribution in [0.1, 0.15) is 13.8 Å². The first-order chi connectivity index (χ1) is 11.6. The number of para-hydroxylation sites is 1. The van der Waals surface area contributed by atoms with Crippen molar-refractivity contribution >= 4 is 28.6 Å². The van der Waals surface area contributed by atoms with E-state index in [0.717, 1.165) is 5.69 Å². The minimum absolute atomic E-state index is 0.00411. The van der Waals surface area contributed by atoms with Crippen molar-refractivity contribution in [1.82, 2.24) is 25.0 Å². The third kappa shape index (κ3) is 3.28. The summed E-state index contributed by atoms with van der Waals surface area (Å²) in [5.74, 6) is 1.24. The maximum absolute atomic E-state index is 9.53. The number of aryl methyl sites for hydroxylation is 1. The minimum atomic E-state index is -0.131. The molecule has 3 N–H and O–H groups in total. The van der Waals surface area contributed by atoms with Gasteiger partial charge >= 0.3 is 0 Å². The van der Waals surface area contributed by atoms with Gasteiger partial charge in [-0.15, -0.1) is 5.10 Å². The smallest absolute Gasteiger partial charge is 0.227 e. The molecule has 0 saturated heterocycles. The number of anilines is 3. The molecule has 0 spiro atoms. The van der Waals surface area contributed by atoms with Crippen LogP contribution in [0.4, 0.5) is 17.5 Å². The number of nitrogens with one attached hydrogen (secondary N) is 2. The number of aromatic nitrogens is 5. The molecule has 0 bridgehead atoms. The molecule has 3 aromatic rings. The van der Waals surface area contributed by atoms with Crippen LogP contribution in [0.15, 0.2) is 30.3 Å². The Kier molecular flexibility index (Phi) is 4.57. The van der Waals surface area contributed by atoms with E-state index < -0.39 is 0 Å². The van der Waals surface area contributed by atoms with E-state index in [1.165, 1.54) is 0 Å². The Morgan fingerprint density at radius 1 is 1.17 bits per heavy atom. The average Bonchev–Trinajstić information content (AvgIpc) is 2.95. The monoisotopic (exact) mass is 327 g/mol. The molecule has 0 fully saturated rings. The van der Waals surface area contributed by atoms with Gasteiger partial charge in [0.15, 0.2) is 17.0 Å². The van der Waals surface area contributed by atoms with Crippen molar-refractivity contribution in [2.75, 3.05) is 17.2 Å². The summed E-state index contributed by atoms with van der Waals surface area (Å²) in [6.45, 7) is 4.06. The van der Waals surface area contributed by atoms with Crippen molar-refractivity contribution in [3.8, 4) is 0 Å². The fourth-order valence-electron chi connectivity index (χ4n) is 2.31. The number of rotatable bonds is 6. The molecule has 2 aromatic heterocycles. The van der Waals surface area contributed by atoms with Crippen LogP contribution in [0.25, 0.3) is 11.2 Å². The number of hydrogen-bond acceptors (Lipinski definition) is 7. The van der Waals surface area contributed by atoms with Gasteiger partial charge < -0.3 is 15.7 Å². The second-order valence-electron chi connectivity index (χ2n) is 5.95. The summed E-state index contributed by atoms with van der Waals surface area (Å²) in [7, 11) is 1.78. The van der Waals surface area contributed by atoms with Crippen molar-refractivity contribution < 1.29 is 5.11 Å². The molecular formula is C16H21N7O. The van der Waals surface area contributed by atoms with Crippen molar-refractivity contribution in [3.63, 3.8) is 0 Å². The molecule has 0 saturated carbocycles. The Balaban J connectivity index is 2.00. The van der Waals surface area contributed by atoms with Crippen LogP contribution in [0.3, 0.4) is 0 Å². The molecule has 3 rings (SSSR count). The molecule has 0 radical (unpaired) electrons. The zero-order chi connectivity index (χ0) is 17.1.